The maximum absolute atomic E-state index is 6.18. The van der Waals surface area contributed by atoms with Crippen LogP contribution < -0.4 is 0 Å². The Morgan fingerprint density at radius 3 is 2.84 bits per heavy atom. The summed E-state index contributed by atoms with van der Waals surface area (Å²) in [5.41, 5.74) is 2.52. The average molecular weight is 394 g/mol. The molecule has 0 unspecified atom stereocenters. The van der Waals surface area contributed by atoms with Crippen molar-refractivity contribution >= 4 is 40.6 Å². The number of furan rings is 1. The van der Waals surface area contributed by atoms with Gasteiger partial charge in [0.25, 0.3) is 0 Å². The molecule has 0 aromatic carbocycles. The van der Waals surface area contributed by atoms with E-state index in [1.165, 1.54) is 0 Å². The van der Waals surface area contributed by atoms with Crippen LogP contribution >= 0.6 is 35.0 Å². The summed E-state index contributed by atoms with van der Waals surface area (Å²) in [5, 5.41) is 10.4. The Bertz CT molecular complexity index is 1070. The van der Waals surface area contributed by atoms with Gasteiger partial charge in [-0.15, -0.1) is 10.2 Å². The Morgan fingerprint density at radius 1 is 1.24 bits per heavy atom. The smallest absolute Gasteiger partial charge is 0.191 e. The van der Waals surface area contributed by atoms with Gasteiger partial charge in [0.05, 0.1) is 27.6 Å². The number of fused-ring (bicyclic) bond motifs is 1. The van der Waals surface area contributed by atoms with Gasteiger partial charge in [0.15, 0.2) is 16.6 Å². The Balaban J connectivity index is 1.57. The SMILES string of the molecule is Cc1occc1-c1nnc(SCc2cn3cc(Cl)cc(Cl)c3n2)n1C. The number of aryl methyl sites for hydroxylation is 1. The number of pyridine rings is 1. The van der Waals surface area contributed by atoms with Crippen LogP contribution in [0.25, 0.3) is 17.0 Å². The molecule has 4 aromatic rings. The number of thioether (sulfide) groups is 1. The van der Waals surface area contributed by atoms with Gasteiger partial charge in [-0.1, -0.05) is 35.0 Å². The molecule has 0 aliphatic carbocycles. The van der Waals surface area contributed by atoms with Crippen LogP contribution in [0.4, 0.5) is 0 Å². The van der Waals surface area contributed by atoms with E-state index in [0.29, 0.717) is 21.4 Å². The fraction of sp³-hybridized carbons (Fsp3) is 0.188. The van der Waals surface area contributed by atoms with Crippen LogP contribution in [0.1, 0.15) is 11.5 Å². The average Bonchev–Trinajstić information content (AvgIpc) is 3.24. The van der Waals surface area contributed by atoms with Crippen molar-refractivity contribution in [2.45, 2.75) is 17.8 Å². The molecule has 0 spiro atoms. The highest BCUT2D eigenvalue weighted by molar-refractivity contribution is 7.98. The van der Waals surface area contributed by atoms with Gasteiger partial charge in [-0.2, -0.15) is 0 Å². The zero-order valence-electron chi connectivity index (χ0n) is 13.4. The van der Waals surface area contributed by atoms with Crippen molar-refractivity contribution in [2.24, 2.45) is 7.05 Å². The van der Waals surface area contributed by atoms with Gasteiger partial charge in [0, 0.05) is 25.2 Å². The summed E-state index contributed by atoms with van der Waals surface area (Å²) in [6.45, 7) is 1.91. The first-order chi connectivity index (χ1) is 12.0. The third kappa shape index (κ3) is 3.03. The molecule has 0 saturated heterocycles. The molecular weight excluding hydrogens is 381 g/mol. The molecular formula is C16H13Cl2N5OS. The third-order valence-corrected chi connectivity index (χ3v) is 5.35. The van der Waals surface area contributed by atoms with Gasteiger partial charge >= 0.3 is 0 Å². The highest BCUT2D eigenvalue weighted by Crippen LogP contribution is 2.28. The Hall–Kier alpha value is -1.96. The van der Waals surface area contributed by atoms with E-state index in [0.717, 1.165) is 28.0 Å². The number of halogens is 2. The molecule has 0 saturated carbocycles. The zero-order valence-corrected chi connectivity index (χ0v) is 15.7. The zero-order chi connectivity index (χ0) is 17.6. The Morgan fingerprint density at radius 2 is 2.08 bits per heavy atom. The van der Waals surface area contributed by atoms with Gasteiger partial charge < -0.3 is 13.4 Å². The van der Waals surface area contributed by atoms with E-state index in [1.54, 1.807) is 30.3 Å². The first-order valence-corrected chi connectivity index (χ1v) is 9.16. The van der Waals surface area contributed by atoms with Crippen molar-refractivity contribution in [2.75, 3.05) is 0 Å². The van der Waals surface area contributed by atoms with Gasteiger partial charge in [0.2, 0.25) is 0 Å². The first-order valence-electron chi connectivity index (χ1n) is 7.42. The van der Waals surface area contributed by atoms with E-state index in [1.807, 2.05) is 35.2 Å². The maximum atomic E-state index is 6.18. The lowest BCUT2D eigenvalue weighted by molar-refractivity contribution is 0.534. The van der Waals surface area contributed by atoms with Crippen molar-refractivity contribution < 1.29 is 4.42 Å². The lowest BCUT2D eigenvalue weighted by Gasteiger charge is -2.02. The highest BCUT2D eigenvalue weighted by atomic mass is 35.5. The van der Waals surface area contributed by atoms with Gasteiger partial charge in [-0.25, -0.2) is 4.98 Å². The molecule has 25 heavy (non-hydrogen) atoms. The van der Waals surface area contributed by atoms with Crippen LogP contribution in [-0.4, -0.2) is 24.1 Å². The second kappa shape index (κ2) is 6.40. The van der Waals surface area contributed by atoms with Crippen molar-refractivity contribution in [1.29, 1.82) is 0 Å². The number of aromatic nitrogens is 5. The summed E-state index contributed by atoms with van der Waals surface area (Å²) in [4.78, 5) is 4.55. The van der Waals surface area contributed by atoms with Crippen LogP contribution in [0, 0.1) is 6.92 Å². The van der Waals surface area contributed by atoms with Crippen LogP contribution in [0.3, 0.4) is 0 Å². The molecule has 0 N–H and O–H groups in total. The summed E-state index contributed by atoms with van der Waals surface area (Å²) >= 11 is 13.8. The largest absolute Gasteiger partial charge is 0.469 e. The van der Waals surface area contributed by atoms with Crippen LogP contribution in [0.5, 0.6) is 0 Å². The highest BCUT2D eigenvalue weighted by Gasteiger charge is 2.15. The predicted octanol–water partition coefficient (Wildman–Crippen LogP) is 4.63. The summed E-state index contributed by atoms with van der Waals surface area (Å²) in [6, 6.07) is 3.58. The molecule has 0 aliphatic rings. The molecule has 0 atom stereocenters. The van der Waals surface area contributed by atoms with Crippen LogP contribution in [0.2, 0.25) is 10.0 Å². The molecule has 4 rings (SSSR count). The summed E-state index contributed by atoms with van der Waals surface area (Å²) in [6.07, 6.45) is 5.35. The van der Waals surface area contributed by atoms with E-state index in [4.69, 9.17) is 27.6 Å². The number of hydrogen-bond donors (Lipinski definition) is 0. The molecule has 0 radical (unpaired) electrons. The second-order valence-corrected chi connectivity index (χ2v) is 7.30. The Kier molecular flexibility index (Phi) is 4.23. The summed E-state index contributed by atoms with van der Waals surface area (Å²) in [7, 11) is 1.93. The fourth-order valence-corrected chi connectivity index (χ4v) is 3.90. The molecule has 6 nitrogen and oxygen atoms in total. The molecule has 0 fully saturated rings. The van der Waals surface area contributed by atoms with Gasteiger partial charge in [-0.05, 0) is 19.1 Å². The van der Waals surface area contributed by atoms with Crippen molar-refractivity contribution in [1.82, 2.24) is 24.1 Å². The van der Waals surface area contributed by atoms with E-state index in [2.05, 4.69) is 15.2 Å². The number of hydrogen-bond acceptors (Lipinski definition) is 5. The van der Waals surface area contributed by atoms with Gasteiger partial charge in [-0.3, -0.25) is 0 Å². The number of imidazole rings is 1. The number of nitrogens with zero attached hydrogens (tertiary/aromatic N) is 5. The first kappa shape index (κ1) is 16.5. The second-order valence-electron chi connectivity index (χ2n) is 5.51. The maximum Gasteiger partial charge on any atom is 0.191 e. The minimum absolute atomic E-state index is 0.528. The molecule has 9 heteroatoms. The molecule has 0 amide bonds. The molecule has 0 bridgehead atoms. The third-order valence-electron chi connectivity index (χ3n) is 3.81. The van der Waals surface area contributed by atoms with E-state index >= 15 is 0 Å². The monoisotopic (exact) mass is 393 g/mol. The normalized spacial score (nSPS) is 11.5. The standard InChI is InChI=1S/C16H13Cl2N5OS/c1-9-12(3-4-24-9)14-20-21-16(22(14)2)25-8-11-7-23-6-10(17)5-13(18)15(23)19-11/h3-7H,8H2,1-2H3. The number of rotatable bonds is 4. The fourth-order valence-electron chi connectivity index (χ4n) is 2.58. The quantitative estimate of drug-likeness (QED) is 0.473. The van der Waals surface area contributed by atoms with Crippen LogP contribution in [0.15, 0.2) is 40.4 Å². The lowest BCUT2D eigenvalue weighted by Crippen LogP contribution is -1.95. The lowest BCUT2D eigenvalue weighted by atomic mass is 10.2. The minimum Gasteiger partial charge on any atom is -0.469 e. The summed E-state index contributed by atoms with van der Waals surface area (Å²) < 4.78 is 9.12. The van der Waals surface area contributed by atoms with E-state index in [9.17, 15) is 0 Å². The Labute approximate surface area is 157 Å². The molecule has 0 aliphatic heterocycles. The van der Waals surface area contributed by atoms with Crippen molar-refractivity contribution in [3.63, 3.8) is 0 Å². The topological polar surface area (TPSA) is 61.1 Å². The van der Waals surface area contributed by atoms with Gasteiger partial charge in [0.1, 0.15) is 5.76 Å². The molecule has 4 heterocycles. The van der Waals surface area contributed by atoms with Crippen molar-refractivity contribution in [3.05, 3.63) is 52.3 Å². The molecule has 4 aromatic heterocycles. The summed E-state index contributed by atoms with van der Waals surface area (Å²) in [5.74, 6) is 2.24. The van der Waals surface area contributed by atoms with Crippen LogP contribution in [-0.2, 0) is 12.8 Å². The van der Waals surface area contributed by atoms with E-state index in [-0.39, 0.29) is 0 Å². The molecule has 128 valence electrons. The minimum atomic E-state index is 0.528. The van der Waals surface area contributed by atoms with E-state index < -0.39 is 0 Å². The van der Waals surface area contributed by atoms with Crippen molar-refractivity contribution in [3.8, 4) is 11.4 Å². The predicted molar refractivity (Wildman–Crippen MR) is 98.2 cm³/mol.